The number of esters is 1. The number of H-pyrrole nitrogens is 1. The summed E-state index contributed by atoms with van der Waals surface area (Å²) in [6.45, 7) is -0.389. The molecule has 0 spiro atoms. The molecule has 7 heteroatoms. The van der Waals surface area contributed by atoms with Gasteiger partial charge in [0.05, 0.1) is 17.1 Å². The van der Waals surface area contributed by atoms with Gasteiger partial charge in [-0.25, -0.2) is 0 Å². The van der Waals surface area contributed by atoms with E-state index in [1.54, 1.807) is 18.3 Å². The average molecular weight is 377 g/mol. The van der Waals surface area contributed by atoms with Gasteiger partial charge in [-0.1, -0.05) is 41.4 Å². The quantitative estimate of drug-likeness (QED) is 0.655. The largest absolute Gasteiger partial charge is 0.455 e. The van der Waals surface area contributed by atoms with Crippen LogP contribution in [-0.2, 0) is 20.7 Å². The molecule has 5 nitrogen and oxygen atoms in total. The zero-order valence-electron chi connectivity index (χ0n) is 13.0. The van der Waals surface area contributed by atoms with E-state index in [1.165, 1.54) is 6.07 Å². The lowest BCUT2D eigenvalue weighted by Gasteiger charge is -2.08. The Morgan fingerprint density at radius 2 is 1.92 bits per heavy atom. The van der Waals surface area contributed by atoms with Gasteiger partial charge in [0.25, 0.3) is 5.91 Å². The van der Waals surface area contributed by atoms with E-state index < -0.39 is 11.9 Å². The first-order chi connectivity index (χ1) is 12.0. The lowest BCUT2D eigenvalue weighted by molar-refractivity contribution is -0.146. The second-order valence-corrected chi connectivity index (χ2v) is 6.21. The molecule has 3 rings (SSSR count). The van der Waals surface area contributed by atoms with Gasteiger partial charge in [-0.05, 0) is 29.8 Å². The summed E-state index contributed by atoms with van der Waals surface area (Å²) >= 11 is 11.8. The SMILES string of the molecule is O=C(COC(=O)Cc1c[nH]c2ccccc12)Nc1ccc(Cl)cc1Cl. The summed E-state index contributed by atoms with van der Waals surface area (Å²) in [5.74, 6) is -0.960. The fraction of sp³-hybridized carbons (Fsp3) is 0.111. The van der Waals surface area contributed by atoms with Crippen molar-refractivity contribution in [3.8, 4) is 0 Å². The van der Waals surface area contributed by atoms with Gasteiger partial charge in [0.1, 0.15) is 0 Å². The first kappa shape index (κ1) is 17.3. The Hall–Kier alpha value is -2.50. The average Bonchev–Trinajstić information content (AvgIpc) is 2.99. The third kappa shape index (κ3) is 4.32. The molecule has 0 radical (unpaired) electrons. The van der Waals surface area contributed by atoms with Crippen molar-refractivity contribution in [2.24, 2.45) is 0 Å². The summed E-state index contributed by atoms with van der Waals surface area (Å²) in [6, 6.07) is 12.3. The fourth-order valence-corrected chi connectivity index (χ4v) is 2.86. The number of ether oxygens (including phenoxy) is 1. The maximum atomic E-state index is 12.0. The summed E-state index contributed by atoms with van der Waals surface area (Å²) in [5.41, 5.74) is 2.17. The molecule has 0 aliphatic heterocycles. The number of benzene rings is 2. The molecule has 0 saturated heterocycles. The number of aromatic nitrogens is 1. The third-order valence-corrected chi connectivity index (χ3v) is 4.13. The van der Waals surface area contributed by atoms with Gasteiger partial charge < -0.3 is 15.0 Å². The van der Waals surface area contributed by atoms with Crippen LogP contribution < -0.4 is 5.32 Å². The Labute approximate surface area is 153 Å². The molecule has 0 fully saturated rings. The number of amides is 1. The Morgan fingerprint density at radius 1 is 1.12 bits per heavy atom. The summed E-state index contributed by atoms with van der Waals surface area (Å²) < 4.78 is 5.03. The van der Waals surface area contributed by atoms with E-state index in [4.69, 9.17) is 27.9 Å². The number of halogens is 2. The lowest BCUT2D eigenvalue weighted by atomic mass is 10.1. The second-order valence-electron chi connectivity index (χ2n) is 5.37. The lowest BCUT2D eigenvalue weighted by Crippen LogP contribution is -2.21. The van der Waals surface area contributed by atoms with E-state index in [0.29, 0.717) is 15.7 Å². The minimum absolute atomic E-state index is 0.0823. The van der Waals surface area contributed by atoms with Crippen molar-refractivity contribution in [2.75, 3.05) is 11.9 Å². The van der Waals surface area contributed by atoms with Crippen LogP contribution in [0.3, 0.4) is 0 Å². The number of para-hydroxylation sites is 1. The molecule has 0 aliphatic carbocycles. The Bertz CT molecular complexity index is 937. The highest BCUT2D eigenvalue weighted by Crippen LogP contribution is 2.25. The number of aromatic amines is 1. The molecule has 0 saturated carbocycles. The smallest absolute Gasteiger partial charge is 0.310 e. The van der Waals surface area contributed by atoms with E-state index in [-0.39, 0.29) is 13.0 Å². The van der Waals surface area contributed by atoms with Crippen LogP contribution in [0.2, 0.25) is 10.0 Å². The minimum Gasteiger partial charge on any atom is -0.455 e. The molecular formula is C18H14Cl2N2O3. The van der Waals surface area contributed by atoms with Crippen LogP contribution >= 0.6 is 23.2 Å². The monoisotopic (exact) mass is 376 g/mol. The van der Waals surface area contributed by atoms with Crippen LogP contribution in [0.1, 0.15) is 5.56 Å². The van der Waals surface area contributed by atoms with Gasteiger partial charge in [0, 0.05) is 22.1 Å². The van der Waals surface area contributed by atoms with Gasteiger partial charge in [-0.15, -0.1) is 0 Å². The van der Waals surface area contributed by atoms with Crippen molar-refractivity contribution in [1.82, 2.24) is 4.98 Å². The molecule has 1 heterocycles. The maximum Gasteiger partial charge on any atom is 0.310 e. The van der Waals surface area contributed by atoms with E-state index >= 15 is 0 Å². The highest BCUT2D eigenvalue weighted by atomic mass is 35.5. The molecule has 0 atom stereocenters. The number of rotatable bonds is 5. The van der Waals surface area contributed by atoms with Gasteiger partial charge in [-0.3, -0.25) is 9.59 Å². The molecule has 25 heavy (non-hydrogen) atoms. The predicted molar refractivity (Wildman–Crippen MR) is 98.1 cm³/mol. The minimum atomic E-state index is -0.484. The number of nitrogens with one attached hydrogen (secondary N) is 2. The Morgan fingerprint density at radius 3 is 2.72 bits per heavy atom. The molecule has 1 amide bonds. The number of fused-ring (bicyclic) bond motifs is 1. The van der Waals surface area contributed by atoms with Crippen molar-refractivity contribution >= 4 is 51.7 Å². The van der Waals surface area contributed by atoms with Crippen LogP contribution in [0, 0.1) is 0 Å². The number of hydrogen-bond acceptors (Lipinski definition) is 3. The van der Waals surface area contributed by atoms with E-state index in [2.05, 4.69) is 10.3 Å². The van der Waals surface area contributed by atoms with Gasteiger partial charge in [-0.2, -0.15) is 0 Å². The highest BCUT2D eigenvalue weighted by Gasteiger charge is 2.12. The summed E-state index contributed by atoms with van der Waals surface area (Å²) in [6.07, 6.45) is 1.85. The molecule has 128 valence electrons. The van der Waals surface area contributed by atoms with E-state index in [9.17, 15) is 9.59 Å². The second kappa shape index (κ2) is 7.59. The molecule has 0 aliphatic rings. The molecule has 0 bridgehead atoms. The summed E-state index contributed by atoms with van der Waals surface area (Å²) in [4.78, 5) is 26.9. The number of hydrogen-bond donors (Lipinski definition) is 2. The molecule has 1 aromatic heterocycles. The van der Waals surface area contributed by atoms with Crippen molar-refractivity contribution < 1.29 is 14.3 Å². The number of carbonyl (C=O) groups is 2. The Kier molecular flexibility index (Phi) is 5.26. The van der Waals surface area contributed by atoms with E-state index in [0.717, 1.165) is 16.5 Å². The van der Waals surface area contributed by atoms with Gasteiger partial charge >= 0.3 is 5.97 Å². The van der Waals surface area contributed by atoms with Crippen molar-refractivity contribution in [3.63, 3.8) is 0 Å². The van der Waals surface area contributed by atoms with Gasteiger partial charge in [0.2, 0.25) is 0 Å². The predicted octanol–water partition coefficient (Wildman–Crippen LogP) is 4.20. The Balaban J connectivity index is 1.54. The molecule has 0 unspecified atom stereocenters. The number of carbonyl (C=O) groups excluding carboxylic acids is 2. The molecular weight excluding hydrogens is 363 g/mol. The molecule has 2 N–H and O–H groups in total. The summed E-state index contributed by atoms with van der Waals surface area (Å²) in [5, 5.41) is 4.30. The maximum absolute atomic E-state index is 12.0. The van der Waals surface area contributed by atoms with Crippen LogP contribution in [0.15, 0.2) is 48.7 Å². The van der Waals surface area contributed by atoms with Crippen molar-refractivity contribution in [3.05, 3.63) is 64.3 Å². The van der Waals surface area contributed by atoms with Crippen molar-refractivity contribution in [2.45, 2.75) is 6.42 Å². The first-order valence-electron chi connectivity index (χ1n) is 7.48. The zero-order valence-corrected chi connectivity index (χ0v) is 14.5. The molecule has 3 aromatic rings. The summed E-state index contributed by atoms with van der Waals surface area (Å²) in [7, 11) is 0. The third-order valence-electron chi connectivity index (χ3n) is 3.58. The van der Waals surface area contributed by atoms with Crippen LogP contribution in [0.4, 0.5) is 5.69 Å². The number of anilines is 1. The highest BCUT2D eigenvalue weighted by molar-refractivity contribution is 6.36. The van der Waals surface area contributed by atoms with Crippen LogP contribution in [0.5, 0.6) is 0 Å². The van der Waals surface area contributed by atoms with Crippen LogP contribution in [0.25, 0.3) is 10.9 Å². The molecule has 2 aromatic carbocycles. The normalized spacial score (nSPS) is 10.6. The van der Waals surface area contributed by atoms with Crippen LogP contribution in [-0.4, -0.2) is 23.5 Å². The first-order valence-corrected chi connectivity index (χ1v) is 8.24. The zero-order chi connectivity index (χ0) is 17.8. The topological polar surface area (TPSA) is 71.2 Å². The van der Waals surface area contributed by atoms with Gasteiger partial charge in [0.15, 0.2) is 6.61 Å². The standard InChI is InChI=1S/C18H14Cl2N2O3/c19-12-5-6-16(14(20)8-12)22-17(23)10-25-18(24)7-11-9-21-15-4-2-1-3-13(11)15/h1-6,8-9,21H,7,10H2,(H,22,23). The van der Waals surface area contributed by atoms with Crippen molar-refractivity contribution in [1.29, 1.82) is 0 Å². The fourth-order valence-electron chi connectivity index (χ4n) is 2.41. The van der Waals surface area contributed by atoms with E-state index in [1.807, 2.05) is 24.3 Å².